The van der Waals surface area contributed by atoms with Crippen molar-refractivity contribution in [1.29, 1.82) is 0 Å². The maximum atomic E-state index is 12.1. The Morgan fingerprint density at radius 3 is 1.02 bits per heavy atom. The predicted octanol–water partition coefficient (Wildman–Crippen LogP) is 8.39. The molecule has 3 aromatic heterocycles. The Morgan fingerprint density at radius 1 is 0.419 bits per heavy atom. The second-order valence-electron chi connectivity index (χ2n) is 14.9. The van der Waals surface area contributed by atoms with Gasteiger partial charge in [0.05, 0.1) is 51.2 Å². The van der Waals surface area contributed by atoms with E-state index in [-0.39, 0.29) is 57.4 Å². The van der Waals surface area contributed by atoms with Crippen LogP contribution in [0, 0.1) is 0 Å². The maximum Gasteiger partial charge on any atom is 0.161 e. The van der Waals surface area contributed by atoms with E-state index >= 15 is 0 Å². The lowest BCUT2D eigenvalue weighted by atomic mass is 9.97. The summed E-state index contributed by atoms with van der Waals surface area (Å²) in [6.45, 7) is 0. The molecule has 0 spiro atoms. The molecule has 2 atom stereocenters. The first-order valence-corrected chi connectivity index (χ1v) is 19.6. The molecule has 9 rings (SSSR count). The Hall–Kier alpha value is -7.68. The molecular weight excluding hydrogens is 793 g/mol. The van der Waals surface area contributed by atoms with E-state index in [1.165, 1.54) is 40.6 Å². The van der Waals surface area contributed by atoms with Gasteiger partial charge in [-0.2, -0.15) is 0 Å². The molecule has 7 aromatic rings. The predicted molar refractivity (Wildman–Crippen MR) is 233 cm³/mol. The number of rotatable bonds is 8. The van der Waals surface area contributed by atoms with Crippen molar-refractivity contribution in [2.75, 3.05) is 28.4 Å². The molecule has 4 aromatic carbocycles. The number of aliphatic hydroxyl groups is 2. The van der Waals surface area contributed by atoms with Gasteiger partial charge in [-0.3, -0.25) is 9.97 Å². The van der Waals surface area contributed by atoms with Gasteiger partial charge in [0, 0.05) is 44.3 Å². The molecule has 8 bridgehead atoms. The molecule has 0 aliphatic carbocycles. The van der Waals surface area contributed by atoms with Crippen LogP contribution in [-0.4, -0.2) is 79.0 Å². The molecule has 2 aliphatic heterocycles. The number of fused-ring (bicyclic) bond motifs is 8. The molecule has 62 heavy (non-hydrogen) atoms. The number of ether oxygens (including phenoxy) is 4. The van der Waals surface area contributed by atoms with Crippen LogP contribution in [-0.2, 0) is 12.8 Å². The second-order valence-corrected chi connectivity index (χ2v) is 14.9. The highest BCUT2D eigenvalue weighted by Gasteiger charge is 2.35. The lowest BCUT2D eigenvalue weighted by molar-refractivity contribution is 0.0260. The first-order chi connectivity index (χ1) is 30.0. The number of hydrogen-bond acceptors (Lipinski definition) is 12. The Bertz CT molecular complexity index is 2880. The number of aromatic hydroxyl groups is 4. The molecule has 0 amide bonds. The number of nitrogens with zero attached hydrogens (tertiary/aromatic N) is 2. The van der Waals surface area contributed by atoms with Gasteiger partial charge in [0.1, 0.15) is 12.2 Å². The quantitative estimate of drug-likeness (QED) is 0.0725. The van der Waals surface area contributed by atoms with Gasteiger partial charge < -0.3 is 59.6 Å². The zero-order valence-electron chi connectivity index (χ0n) is 34.0. The minimum absolute atomic E-state index is 0.0325. The Kier molecular flexibility index (Phi) is 10.1. The zero-order valence-corrected chi connectivity index (χ0v) is 34.0. The molecule has 314 valence electrons. The summed E-state index contributed by atoms with van der Waals surface area (Å²) >= 11 is 0. The highest BCUT2D eigenvalue weighted by Crippen LogP contribution is 2.47. The van der Waals surface area contributed by atoms with Gasteiger partial charge in [0.15, 0.2) is 46.0 Å². The van der Waals surface area contributed by atoms with E-state index in [1.54, 1.807) is 60.7 Å². The lowest BCUT2D eigenvalue weighted by Crippen LogP contribution is -2.05. The van der Waals surface area contributed by atoms with Gasteiger partial charge in [-0.25, -0.2) is 0 Å². The normalized spacial score (nSPS) is 14.7. The van der Waals surface area contributed by atoms with Crippen molar-refractivity contribution in [1.82, 2.24) is 19.9 Å². The Labute approximate surface area is 354 Å². The molecule has 0 radical (unpaired) electrons. The molecule has 2 aliphatic rings. The number of H-pyrrole nitrogens is 2. The number of aliphatic hydroxyl groups excluding tert-OH is 2. The number of phenolic OH excluding ortho intramolecular Hbond substituents is 4. The van der Waals surface area contributed by atoms with Gasteiger partial charge in [-0.15, -0.1) is 0 Å². The monoisotopic (exact) mass is 834 g/mol. The van der Waals surface area contributed by atoms with Gasteiger partial charge in [0.25, 0.3) is 0 Å². The van der Waals surface area contributed by atoms with Crippen molar-refractivity contribution in [2.24, 2.45) is 0 Å². The second kappa shape index (κ2) is 15.7. The fourth-order valence-electron chi connectivity index (χ4n) is 8.39. The smallest absolute Gasteiger partial charge is 0.161 e. The van der Waals surface area contributed by atoms with Crippen LogP contribution in [0.2, 0.25) is 0 Å². The fraction of sp³-hybridized carbons (Fsp3) is 0.167. The van der Waals surface area contributed by atoms with Crippen LogP contribution in [0.15, 0.2) is 97.1 Å². The molecule has 14 heteroatoms. The molecule has 5 heterocycles. The minimum atomic E-state index is -1.54. The largest absolute Gasteiger partial charge is 0.504 e. The molecule has 14 nitrogen and oxygen atoms in total. The number of hydrogen-bond donors (Lipinski definition) is 8. The third-order valence-electron chi connectivity index (χ3n) is 11.4. The summed E-state index contributed by atoms with van der Waals surface area (Å²) in [6.07, 6.45) is -2.06. The van der Waals surface area contributed by atoms with E-state index in [2.05, 4.69) is 9.97 Å². The van der Waals surface area contributed by atoms with Gasteiger partial charge in [-0.05, 0) is 108 Å². The number of benzene rings is 4. The maximum absolute atomic E-state index is 12.1. The van der Waals surface area contributed by atoms with E-state index in [1.807, 2.05) is 24.3 Å². The average Bonchev–Trinajstić information content (AvgIpc) is 4.11. The highest BCUT2D eigenvalue weighted by atomic mass is 16.5. The molecular formula is C48H42N4O10. The summed E-state index contributed by atoms with van der Waals surface area (Å²) in [5.41, 5.74) is 8.69. The summed E-state index contributed by atoms with van der Waals surface area (Å²) in [6, 6.07) is 27.2. The first kappa shape index (κ1) is 39.8. The molecule has 0 saturated heterocycles. The minimum Gasteiger partial charge on any atom is -0.504 e. The van der Waals surface area contributed by atoms with Crippen LogP contribution in [0.4, 0.5) is 0 Å². The third-order valence-corrected chi connectivity index (χ3v) is 11.4. The summed E-state index contributed by atoms with van der Waals surface area (Å²) in [4.78, 5) is 17.5. The standard InChI is InChI=1S/C48H42N4O10/c1-59-37-19-23(5-15-33(37)53)41-27-9-10-28(49-27)42(24-6-16-34(54)38(20-24)60-2)30-12-14-32(51-30)44(26-8-18-36(56)40(22-26)62-4)46-48(58)47(57)45(52-46)43(31-13-11-29(41)50-31)25-7-17-35(55)39(21-25)61-3/h5-8,11-22,47-48,50-51,53-58H,9-10H2,1-4H3/t47-,48+. The van der Waals surface area contributed by atoms with E-state index in [0.29, 0.717) is 79.4 Å². The van der Waals surface area contributed by atoms with Crippen molar-refractivity contribution in [3.8, 4) is 90.5 Å². The van der Waals surface area contributed by atoms with Gasteiger partial charge >= 0.3 is 0 Å². The number of aromatic nitrogens is 4. The molecule has 0 saturated carbocycles. The Morgan fingerprint density at radius 2 is 0.710 bits per heavy atom. The zero-order chi connectivity index (χ0) is 43.4. The summed E-state index contributed by atoms with van der Waals surface area (Å²) in [7, 11) is 5.83. The molecule has 8 N–H and O–H groups in total. The number of methoxy groups -OCH3 is 4. The highest BCUT2D eigenvalue weighted by molar-refractivity contribution is 5.93. The summed E-state index contributed by atoms with van der Waals surface area (Å²) < 4.78 is 22.1. The topological polar surface area (TPSA) is 216 Å². The Balaban J connectivity index is 1.50. The number of nitrogens with one attached hydrogen (secondary N) is 2. The van der Waals surface area contributed by atoms with Crippen LogP contribution in [0.3, 0.4) is 0 Å². The fourth-order valence-corrected chi connectivity index (χ4v) is 8.39. The van der Waals surface area contributed by atoms with Crippen molar-refractivity contribution >= 4 is 22.1 Å². The first-order valence-electron chi connectivity index (χ1n) is 19.6. The van der Waals surface area contributed by atoms with Crippen molar-refractivity contribution in [2.45, 2.75) is 25.0 Å². The van der Waals surface area contributed by atoms with E-state index in [0.717, 1.165) is 11.4 Å². The number of aromatic amines is 2. The van der Waals surface area contributed by atoms with E-state index < -0.39 is 12.2 Å². The van der Waals surface area contributed by atoms with Crippen LogP contribution >= 0.6 is 0 Å². The third kappa shape index (κ3) is 6.71. The van der Waals surface area contributed by atoms with Crippen molar-refractivity contribution in [3.63, 3.8) is 0 Å². The number of phenols is 4. The van der Waals surface area contributed by atoms with Gasteiger partial charge in [-0.1, -0.05) is 24.3 Å². The number of aryl methyl sites for hydroxylation is 2. The van der Waals surface area contributed by atoms with Crippen LogP contribution in [0.25, 0.3) is 66.6 Å². The van der Waals surface area contributed by atoms with Crippen LogP contribution in [0.5, 0.6) is 46.0 Å². The SMILES string of the molecule is COc1cc(-c2c3nc(c(-c4ccc(O)c(OC)c4)c4ccc([nH]4)c(-c4ccc(O)c(OC)c4)c4nc(c(-c5ccc(O)c(OC)c5)c5ccc2[nH]5)[C@@H](O)[C@H]4O)CC3)ccc1O. The van der Waals surface area contributed by atoms with Crippen molar-refractivity contribution < 1.29 is 49.6 Å². The van der Waals surface area contributed by atoms with Crippen molar-refractivity contribution in [3.05, 3.63) is 120 Å². The molecule has 0 unspecified atom stereocenters. The lowest BCUT2D eigenvalue weighted by Gasteiger charge is -2.14. The molecule has 0 fully saturated rings. The van der Waals surface area contributed by atoms with Crippen LogP contribution in [0.1, 0.15) is 35.0 Å². The summed E-state index contributed by atoms with van der Waals surface area (Å²) in [5.74, 6) is 0.636. The van der Waals surface area contributed by atoms with E-state index in [9.17, 15) is 30.6 Å². The van der Waals surface area contributed by atoms with E-state index in [4.69, 9.17) is 28.9 Å². The van der Waals surface area contributed by atoms with Crippen LogP contribution < -0.4 is 18.9 Å². The average molecular weight is 835 g/mol. The van der Waals surface area contributed by atoms with Gasteiger partial charge in [0.2, 0.25) is 0 Å². The summed E-state index contributed by atoms with van der Waals surface area (Å²) in [5, 5.41) is 66.8.